The van der Waals surface area contributed by atoms with Gasteiger partial charge in [0.15, 0.2) is 33.6 Å². The SMILES string of the molecule is C.CC(=O)c1cn2c(cc1=O)-c1c(Cl)c(-c3ccccc3)nn1C[C@H]2C(C)C.CC(=O)c1cn2c(cc1=O)-c1cc(-c3ccccc3)nn1C[C@H]2C(C)C.COc1ccccc1-c1nn2c(c1Cl)-c1cc(=O)c(C(C)=O)cn1[C@H](C(C)(C)C)C2. The van der Waals surface area contributed by atoms with Crippen molar-refractivity contribution in [3.63, 3.8) is 0 Å². The van der Waals surface area contributed by atoms with E-state index in [4.69, 9.17) is 43.2 Å². The van der Waals surface area contributed by atoms with E-state index < -0.39 is 0 Å². The van der Waals surface area contributed by atoms with Crippen molar-refractivity contribution >= 4 is 40.6 Å². The van der Waals surface area contributed by atoms with Gasteiger partial charge in [-0.3, -0.25) is 42.8 Å². The molecule has 0 aliphatic carbocycles. The van der Waals surface area contributed by atoms with E-state index >= 15 is 0 Å². The van der Waals surface area contributed by atoms with Crippen LogP contribution in [0.15, 0.2) is 142 Å². The highest BCUT2D eigenvalue weighted by Crippen LogP contribution is 2.46. The van der Waals surface area contributed by atoms with Gasteiger partial charge in [-0.1, -0.05) is 152 Å². The second-order valence-electron chi connectivity index (χ2n) is 23.1. The molecule has 0 radical (unpaired) electrons. The van der Waals surface area contributed by atoms with E-state index in [2.05, 4.69) is 53.0 Å². The van der Waals surface area contributed by atoms with E-state index in [-0.39, 0.29) is 81.3 Å². The molecule has 434 valence electrons. The molecule has 6 aromatic heterocycles. The first kappa shape index (κ1) is 60.1. The minimum Gasteiger partial charge on any atom is -0.496 e. The number of Topliss-reactive ketones (excluding diaryl/α,β-unsaturated/α-hetero) is 3. The second kappa shape index (κ2) is 23.7. The molecule has 0 saturated carbocycles. The number of hydrogen-bond acceptors (Lipinski definition) is 10. The van der Waals surface area contributed by atoms with Crippen molar-refractivity contribution in [2.45, 2.75) is 114 Å². The molecule has 3 aliphatic heterocycles. The Kier molecular flexibility index (Phi) is 16.9. The highest BCUT2D eigenvalue weighted by Gasteiger charge is 2.37. The second-order valence-corrected chi connectivity index (χ2v) is 23.9. The number of ketones is 3. The van der Waals surface area contributed by atoms with Gasteiger partial charge in [0.2, 0.25) is 0 Å². The van der Waals surface area contributed by atoms with E-state index in [0.29, 0.717) is 75.7 Å². The van der Waals surface area contributed by atoms with Crippen molar-refractivity contribution in [3.05, 3.63) is 185 Å². The average molecular weight is 1170 g/mol. The summed E-state index contributed by atoms with van der Waals surface area (Å²) >= 11 is 13.5. The molecule has 18 heteroatoms. The van der Waals surface area contributed by atoms with Crippen LogP contribution in [-0.4, -0.2) is 67.5 Å². The zero-order valence-corrected chi connectivity index (χ0v) is 49.8. The normalized spacial score (nSPS) is 15.3. The van der Waals surface area contributed by atoms with Crippen molar-refractivity contribution in [1.29, 1.82) is 0 Å². The fraction of sp³-hybridized carbons (Fsp3) is 0.318. The molecule has 12 rings (SSSR count). The monoisotopic (exact) mass is 1170 g/mol. The maximum absolute atomic E-state index is 12.7. The lowest BCUT2D eigenvalue weighted by Crippen LogP contribution is -2.35. The molecule has 0 amide bonds. The van der Waals surface area contributed by atoms with Crippen LogP contribution in [0.4, 0.5) is 0 Å². The number of halogens is 2. The topological polar surface area (TPSA) is 180 Å². The van der Waals surface area contributed by atoms with E-state index in [9.17, 15) is 28.8 Å². The van der Waals surface area contributed by atoms with Crippen molar-refractivity contribution in [3.8, 4) is 73.7 Å². The number of para-hydroxylation sites is 1. The molecule has 84 heavy (non-hydrogen) atoms. The fourth-order valence-corrected chi connectivity index (χ4v) is 12.0. The van der Waals surface area contributed by atoms with Crippen LogP contribution < -0.4 is 21.0 Å². The van der Waals surface area contributed by atoms with Crippen LogP contribution in [-0.2, 0) is 19.6 Å². The van der Waals surface area contributed by atoms with Crippen LogP contribution in [0.3, 0.4) is 0 Å². The highest BCUT2D eigenvalue weighted by atomic mass is 35.5. The molecule has 3 atom stereocenters. The smallest absolute Gasteiger partial charge is 0.193 e. The average Bonchev–Trinajstić information content (AvgIpc) is 1.90. The Morgan fingerprint density at radius 1 is 0.536 bits per heavy atom. The highest BCUT2D eigenvalue weighted by molar-refractivity contribution is 6.36. The molecule has 9 aromatic rings. The summed E-state index contributed by atoms with van der Waals surface area (Å²) < 4.78 is 17.3. The molecular weight excluding hydrogens is 1100 g/mol. The molecule has 3 aliphatic rings. The summed E-state index contributed by atoms with van der Waals surface area (Å²) in [4.78, 5) is 73.3. The van der Waals surface area contributed by atoms with Crippen LogP contribution in [0.1, 0.15) is 126 Å². The zero-order valence-electron chi connectivity index (χ0n) is 48.3. The van der Waals surface area contributed by atoms with Gasteiger partial charge in [0.05, 0.1) is 100 Å². The standard InChI is InChI=1S/C23H24ClN3O3.C21H20ClN3O2.C21H21N3O2.CH4/c1-13(28)15-11-26-16(10-17(15)29)22-20(24)21(14-8-6-7-9-18(14)30-5)25-27(22)12-19(26)23(2,3)4;1-12(2)17-11-25-21(16-9-18(27)15(13(3)26)10-24(16)17)19(22)20(23-25)14-7-5-4-6-8-14;1-13(2)20-12-24-19(9-17(22-24)15-7-5-4-6-8-15)18-10-21(26)16(14(3)25)11-23(18)20;/h6-11,19H,12H2,1-5H3;4-10,12,17H,11H2,1-3H3;4-11,13,20H,12H2,1-3H3;1H4/t19-;17-;20-;/m000./s1. The van der Waals surface area contributed by atoms with Gasteiger partial charge in [-0.05, 0) is 56.2 Å². The molecule has 0 N–H and O–H groups in total. The summed E-state index contributed by atoms with van der Waals surface area (Å²) in [5.41, 5.74) is 9.10. The molecule has 16 nitrogen and oxygen atoms in total. The quantitative estimate of drug-likeness (QED) is 0.126. The van der Waals surface area contributed by atoms with E-state index in [1.807, 2.05) is 114 Å². The third-order valence-electron chi connectivity index (χ3n) is 15.8. The van der Waals surface area contributed by atoms with Crippen LogP contribution in [0.5, 0.6) is 5.75 Å². The number of methoxy groups -OCH3 is 1. The summed E-state index contributed by atoms with van der Waals surface area (Å²) in [7, 11) is 1.61. The molecular formula is C66H69Cl2N9O7. The lowest BCUT2D eigenvalue weighted by molar-refractivity contribution is 0.100. The van der Waals surface area contributed by atoms with Gasteiger partial charge in [-0.15, -0.1) is 0 Å². The number of hydrogen-bond donors (Lipinski definition) is 0. The Hall–Kier alpha value is -8.47. The van der Waals surface area contributed by atoms with Gasteiger partial charge < -0.3 is 18.4 Å². The van der Waals surface area contributed by atoms with Crippen LogP contribution in [0, 0.1) is 17.3 Å². The lowest BCUT2D eigenvalue weighted by atomic mass is 9.85. The minimum atomic E-state index is -0.314. The maximum Gasteiger partial charge on any atom is 0.193 e. The predicted molar refractivity (Wildman–Crippen MR) is 332 cm³/mol. The van der Waals surface area contributed by atoms with Gasteiger partial charge in [0.1, 0.15) is 28.5 Å². The molecule has 3 aromatic carbocycles. The molecule has 9 heterocycles. The molecule has 0 unspecified atom stereocenters. The van der Waals surface area contributed by atoms with Crippen molar-refractivity contribution in [1.82, 2.24) is 43.0 Å². The summed E-state index contributed by atoms with van der Waals surface area (Å²) in [6, 6.07) is 34.1. The number of aromatic nitrogens is 9. The van der Waals surface area contributed by atoms with Crippen LogP contribution in [0.25, 0.3) is 67.9 Å². The minimum absolute atomic E-state index is 0. The summed E-state index contributed by atoms with van der Waals surface area (Å²) in [6.07, 6.45) is 5.08. The van der Waals surface area contributed by atoms with Gasteiger partial charge in [0.25, 0.3) is 0 Å². The third-order valence-corrected chi connectivity index (χ3v) is 16.5. The fourth-order valence-electron chi connectivity index (χ4n) is 11.3. The van der Waals surface area contributed by atoms with Crippen molar-refractivity contribution < 1.29 is 19.1 Å². The number of ether oxygens (including phenoxy) is 1. The van der Waals surface area contributed by atoms with E-state index in [1.165, 1.54) is 32.9 Å². The van der Waals surface area contributed by atoms with Gasteiger partial charge in [0, 0.05) is 53.5 Å². The van der Waals surface area contributed by atoms with E-state index in [0.717, 1.165) is 39.5 Å². The van der Waals surface area contributed by atoms with Gasteiger partial charge >= 0.3 is 0 Å². The van der Waals surface area contributed by atoms with Crippen molar-refractivity contribution in [2.24, 2.45) is 17.3 Å². The number of carbonyl (C=O) groups is 3. The number of rotatable bonds is 9. The van der Waals surface area contributed by atoms with Crippen LogP contribution in [0.2, 0.25) is 10.0 Å². The molecule has 0 spiro atoms. The zero-order chi connectivity index (χ0) is 59.5. The number of benzene rings is 3. The van der Waals surface area contributed by atoms with Crippen molar-refractivity contribution in [2.75, 3.05) is 7.11 Å². The Balaban J connectivity index is 0.000000151. The van der Waals surface area contributed by atoms with Gasteiger partial charge in [-0.2, -0.15) is 15.3 Å². The Bertz CT molecular complexity index is 4220. The van der Waals surface area contributed by atoms with Crippen LogP contribution >= 0.6 is 23.2 Å². The maximum atomic E-state index is 12.7. The Morgan fingerprint density at radius 2 is 0.964 bits per heavy atom. The Morgan fingerprint density at radius 3 is 1.48 bits per heavy atom. The first-order valence-corrected chi connectivity index (χ1v) is 28.4. The summed E-state index contributed by atoms with van der Waals surface area (Å²) in [6.45, 7) is 21.1. The molecule has 0 saturated heterocycles. The first-order valence-electron chi connectivity index (χ1n) is 27.6. The predicted octanol–water partition coefficient (Wildman–Crippen LogP) is 13.7. The third kappa shape index (κ3) is 11.1. The summed E-state index contributed by atoms with van der Waals surface area (Å²) in [5, 5.41) is 15.3. The van der Waals surface area contributed by atoms with E-state index in [1.54, 1.807) is 31.8 Å². The largest absolute Gasteiger partial charge is 0.496 e. The molecule has 0 fully saturated rings. The first-order chi connectivity index (χ1) is 39.5. The lowest BCUT2D eigenvalue weighted by Gasteiger charge is -2.38. The summed E-state index contributed by atoms with van der Waals surface area (Å²) in [5.74, 6) is 0.634. The Labute approximate surface area is 497 Å². The number of nitrogens with zero attached hydrogens (tertiary/aromatic N) is 9. The number of carbonyl (C=O) groups excluding carboxylic acids is 3. The molecule has 0 bridgehead atoms. The van der Waals surface area contributed by atoms with Gasteiger partial charge in [-0.25, -0.2) is 0 Å². The number of pyridine rings is 3. The number of fused-ring (bicyclic) bond motifs is 9.